The zero-order valence-corrected chi connectivity index (χ0v) is 18.2. The van der Waals surface area contributed by atoms with Gasteiger partial charge in [-0.3, -0.25) is 9.69 Å². The molecule has 0 atom stereocenters. The molecule has 6 heteroatoms. The first-order valence-corrected chi connectivity index (χ1v) is 10.7. The fourth-order valence-corrected chi connectivity index (χ4v) is 3.88. The second-order valence-electron chi connectivity index (χ2n) is 8.16. The first-order chi connectivity index (χ1) is 15.0. The van der Waals surface area contributed by atoms with Gasteiger partial charge < -0.3 is 14.5 Å². The average molecular weight is 421 g/mol. The van der Waals surface area contributed by atoms with E-state index in [0.717, 1.165) is 24.9 Å². The number of carbonyl (C=O) groups is 1. The molecular formula is C25H28N2O4. The molecule has 162 valence electrons. The molecule has 1 aliphatic carbocycles. The van der Waals surface area contributed by atoms with E-state index in [1.165, 1.54) is 18.4 Å². The summed E-state index contributed by atoms with van der Waals surface area (Å²) >= 11 is 0. The van der Waals surface area contributed by atoms with Gasteiger partial charge in [0.05, 0.1) is 7.11 Å². The Morgan fingerprint density at radius 1 is 1.19 bits per heavy atom. The van der Waals surface area contributed by atoms with Gasteiger partial charge in [0.2, 0.25) is 0 Å². The lowest BCUT2D eigenvalue weighted by Crippen LogP contribution is -2.21. The van der Waals surface area contributed by atoms with Crippen molar-refractivity contribution < 1.29 is 13.9 Å². The number of hydrogen-bond acceptors (Lipinski definition) is 5. The second-order valence-corrected chi connectivity index (χ2v) is 8.16. The number of fused-ring (bicyclic) bond motifs is 1. The van der Waals surface area contributed by atoms with E-state index in [4.69, 9.17) is 9.15 Å². The molecule has 1 aromatic heterocycles. The van der Waals surface area contributed by atoms with Crippen molar-refractivity contribution in [2.24, 2.45) is 0 Å². The molecule has 1 heterocycles. The zero-order valence-electron chi connectivity index (χ0n) is 18.2. The smallest absolute Gasteiger partial charge is 0.349 e. The molecule has 6 nitrogen and oxygen atoms in total. The van der Waals surface area contributed by atoms with Gasteiger partial charge in [-0.05, 0) is 62.2 Å². The number of anilines is 1. The topological polar surface area (TPSA) is 71.8 Å². The highest BCUT2D eigenvalue weighted by Gasteiger charge is 2.25. The second kappa shape index (κ2) is 8.94. The summed E-state index contributed by atoms with van der Waals surface area (Å²) in [5, 5.41) is 3.51. The van der Waals surface area contributed by atoms with E-state index in [1.54, 1.807) is 19.2 Å². The minimum atomic E-state index is -0.654. The minimum Gasteiger partial charge on any atom is -0.496 e. The molecule has 1 amide bonds. The van der Waals surface area contributed by atoms with Crippen molar-refractivity contribution in [3.05, 3.63) is 69.6 Å². The van der Waals surface area contributed by atoms with Crippen molar-refractivity contribution in [2.75, 3.05) is 19.5 Å². The van der Waals surface area contributed by atoms with Crippen LogP contribution >= 0.6 is 0 Å². The molecule has 0 aliphatic heterocycles. The lowest BCUT2D eigenvalue weighted by atomic mass is 10.0. The van der Waals surface area contributed by atoms with Gasteiger partial charge in [-0.25, -0.2) is 4.79 Å². The molecule has 0 saturated heterocycles. The number of aryl methyl sites for hydroxylation is 1. The SMILES string of the molecule is CCCc1c(OC)ccc2cc(C(=O)Nc3ccc(CN(C)C4CC4)cc3)c(=O)oc12. The highest BCUT2D eigenvalue weighted by atomic mass is 16.5. The number of methoxy groups -OCH3 is 1. The van der Waals surface area contributed by atoms with Crippen LogP contribution in [-0.2, 0) is 13.0 Å². The van der Waals surface area contributed by atoms with Gasteiger partial charge in [0.15, 0.2) is 0 Å². The van der Waals surface area contributed by atoms with Crippen molar-refractivity contribution in [3.63, 3.8) is 0 Å². The number of rotatable bonds is 8. The molecule has 1 N–H and O–H groups in total. The van der Waals surface area contributed by atoms with Crippen molar-refractivity contribution in [3.8, 4) is 5.75 Å². The third kappa shape index (κ3) is 4.64. The van der Waals surface area contributed by atoms with Crippen molar-refractivity contribution in [1.29, 1.82) is 0 Å². The Bertz CT molecular complexity index is 1150. The van der Waals surface area contributed by atoms with Crippen LogP contribution in [0.4, 0.5) is 5.69 Å². The molecular weight excluding hydrogens is 392 g/mol. The van der Waals surface area contributed by atoms with E-state index in [2.05, 4.69) is 17.3 Å². The van der Waals surface area contributed by atoms with Gasteiger partial charge in [-0.1, -0.05) is 25.5 Å². The summed E-state index contributed by atoms with van der Waals surface area (Å²) in [5.74, 6) is 0.202. The van der Waals surface area contributed by atoms with Crippen LogP contribution in [0.2, 0.25) is 0 Å². The number of ether oxygens (including phenoxy) is 1. The number of hydrogen-bond donors (Lipinski definition) is 1. The highest BCUT2D eigenvalue weighted by molar-refractivity contribution is 6.05. The van der Waals surface area contributed by atoms with Crippen LogP contribution < -0.4 is 15.7 Å². The van der Waals surface area contributed by atoms with E-state index < -0.39 is 11.5 Å². The first kappa shape index (κ1) is 21.1. The summed E-state index contributed by atoms with van der Waals surface area (Å²) < 4.78 is 11.0. The lowest BCUT2D eigenvalue weighted by molar-refractivity contribution is 0.102. The maximum atomic E-state index is 12.8. The third-order valence-corrected chi connectivity index (χ3v) is 5.74. The normalized spacial score (nSPS) is 13.5. The average Bonchev–Trinajstić information content (AvgIpc) is 3.61. The molecule has 4 rings (SSSR count). The van der Waals surface area contributed by atoms with Crippen molar-refractivity contribution >= 4 is 22.6 Å². The van der Waals surface area contributed by atoms with Gasteiger partial charge in [0.25, 0.3) is 5.91 Å². The predicted octanol–water partition coefficient (Wildman–Crippen LogP) is 4.60. The Labute approximate surface area is 181 Å². The van der Waals surface area contributed by atoms with Crippen molar-refractivity contribution in [2.45, 2.75) is 45.2 Å². The molecule has 0 unspecified atom stereocenters. The molecule has 2 aromatic carbocycles. The minimum absolute atomic E-state index is 0.0161. The Balaban J connectivity index is 1.54. The van der Waals surface area contributed by atoms with Crippen LogP contribution in [0.1, 0.15) is 47.7 Å². The van der Waals surface area contributed by atoms with E-state index in [9.17, 15) is 9.59 Å². The standard InChI is InChI=1S/C25H28N2O4/c1-4-5-20-22(30-3)13-8-17-14-21(25(29)31-23(17)20)24(28)26-18-9-6-16(7-10-18)15-27(2)19-11-12-19/h6-10,13-14,19H,4-5,11-12,15H2,1-3H3,(H,26,28). The summed E-state index contributed by atoms with van der Waals surface area (Å²) in [4.78, 5) is 27.7. The van der Waals surface area contributed by atoms with E-state index in [0.29, 0.717) is 28.4 Å². The number of benzene rings is 2. The Kier molecular flexibility index (Phi) is 6.09. The summed E-state index contributed by atoms with van der Waals surface area (Å²) in [5.41, 5.74) is 2.49. The van der Waals surface area contributed by atoms with Crippen LogP contribution in [0.15, 0.2) is 51.7 Å². The van der Waals surface area contributed by atoms with Crippen LogP contribution in [-0.4, -0.2) is 31.0 Å². The van der Waals surface area contributed by atoms with Gasteiger partial charge in [-0.15, -0.1) is 0 Å². The maximum absolute atomic E-state index is 12.8. The molecule has 1 fully saturated rings. The van der Waals surface area contributed by atoms with Crippen molar-refractivity contribution in [1.82, 2.24) is 4.90 Å². The monoisotopic (exact) mass is 420 g/mol. The summed E-state index contributed by atoms with van der Waals surface area (Å²) in [6.45, 7) is 2.93. The number of nitrogens with one attached hydrogen (secondary N) is 1. The fraction of sp³-hybridized carbons (Fsp3) is 0.360. The van der Waals surface area contributed by atoms with Crippen LogP contribution in [0, 0.1) is 0 Å². The molecule has 31 heavy (non-hydrogen) atoms. The Morgan fingerprint density at radius 3 is 2.58 bits per heavy atom. The van der Waals surface area contributed by atoms with Gasteiger partial charge >= 0.3 is 5.63 Å². The number of nitrogens with zero attached hydrogens (tertiary/aromatic N) is 1. The maximum Gasteiger partial charge on any atom is 0.349 e. The van der Waals surface area contributed by atoms with Gasteiger partial charge in [0.1, 0.15) is 16.9 Å². The Morgan fingerprint density at radius 2 is 1.94 bits per heavy atom. The molecule has 0 radical (unpaired) electrons. The Hall–Kier alpha value is -3.12. The molecule has 1 aliphatic rings. The van der Waals surface area contributed by atoms with Gasteiger partial charge in [-0.2, -0.15) is 0 Å². The van der Waals surface area contributed by atoms with Gasteiger partial charge in [0, 0.05) is 29.2 Å². The summed E-state index contributed by atoms with van der Waals surface area (Å²) in [6.07, 6.45) is 4.14. The fourth-order valence-electron chi connectivity index (χ4n) is 3.88. The molecule has 1 saturated carbocycles. The lowest BCUT2D eigenvalue weighted by Gasteiger charge is -2.15. The first-order valence-electron chi connectivity index (χ1n) is 10.7. The summed E-state index contributed by atoms with van der Waals surface area (Å²) in [6, 6.07) is 13.7. The quantitative estimate of drug-likeness (QED) is 0.539. The molecule has 0 spiro atoms. The largest absolute Gasteiger partial charge is 0.496 e. The van der Waals surface area contributed by atoms with Crippen LogP contribution in [0.5, 0.6) is 5.75 Å². The van der Waals surface area contributed by atoms with E-state index in [-0.39, 0.29) is 5.56 Å². The predicted molar refractivity (Wildman–Crippen MR) is 122 cm³/mol. The number of amides is 1. The molecule has 0 bridgehead atoms. The molecule has 3 aromatic rings. The third-order valence-electron chi connectivity index (χ3n) is 5.74. The van der Waals surface area contributed by atoms with E-state index >= 15 is 0 Å². The van der Waals surface area contributed by atoms with Crippen LogP contribution in [0.25, 0.3) is 11.0 Å². The number of carbonyl (C=O) groups excluding carboxylic acids is 1. The van der Waals surface area contributed by atoms with E-state index in [1.807, 2.05) is 37.3 Å². The van der Waals surface area contributed by atoms with Crippen LogP contribution in [0.3, 0.4) is 0 Å². The highest BCUT2D eigenvalue weighted by Crippen LogP contribution is 2.29. The summed E-state index contributed by atoms with van der Waals surface area (Å²) in [7, 11) is 3.73. The zero-order chi connectivity index (χ0) is 22.0.